The van der Waals surface area contributed by atoms with Crippen LogP contribution in [0, 0.1) is 10.1 Å². The second-order valence-corrected chi connectivity index (χ2v) is 5.87. The maximum absolute atomic E-state index is 12.4. The summed E-state index contributed by atoms with van der Waals surface area (Å²) < 4.78 is 6.43. The zero-order valence-corrected chi connectivity index (χ0v) is 14.5. The number of hydrogen-bond acceptors (Lipinski definition) is 6. The molecule has 0 aliphatic rings. The van der Waals surface area contributed by atoms with Gasteiger partial charge in [0, 0.05) is 19.2 Å². The number of nitro benzene ring substituents is 1. The molecule has 2 aromatic carbocycles. The maximum atomic E-state index is 12.4. The third-order valence-corrected chi connectivity index (χ3v) is 4.13. The van der Waals surface area contributed by atoms with E-state index in [0.29, 0.717) is 23.3 Å². The normalized spacial score (nSPS) is 11.9. The number of nitrogens with one attached hydrogen (secondary N) is 2. The number of nitrogens with zero attached hydrogens (tertiary/aromatic N) is 2. The van der Waals surface area contributed by atoms with Gasteiger partial charge in [0.05, 0.1) is 10.4 Å². The molecule has 0 aliphatic carbocycles. The molecule has 0 fully saturated rings. The van der Waals surface area contributed by atoms with Gasteiger partial charge in [-0.15, -0.1) is 0 Å². The van der Waals surface area contributed by atoms with Gasteiger partial charge in [-0.1, -0.05) is 24.3 Å². The van der Waals surface area contributed by atoms with E-state index >= 15 is 0 Å². The molecule has 0 saturated carbocycles. The second-order valence-electron chi connectivity index (χ2n) is 5.87. The van der Waals surface area contributed by atoms with E-state index in [1.165, 1.54) is 10.6 Å². The van der Waals surface area contributed by atoms with Gasteiger partial charge in [0.1, 0.15) is 11.7 Å². The molecule has 0 saturated heterocycles. The number of benzene rings is 2. The Hall–Kier alpha value is -3.62. The summed E-state index contributed by atoms with van der Waals surface area (Å²) in [5, 5.41) is 16.6. The summed E-state index contributed by atoms with van der Waals surface area (Å²) in [5.74, 6) is -0.954. The van der Waals surface area contributed by atoms with Crippen LogP contribution in [0.2, 0.25) is 0 Å². The van der Waals surface area contributed by atoms with Crippen LogP contribution < -0.4 is 16.4 Å². The monoisotopic (exact) mass is 370 g/mol. The van der Waals surface area contributed by atoms with Crippen LogP contribution in [0.4, 0.5) is 11.4 Å². The number of anilines is 1. The van der Waals surface area contributed by atoms with Gasteiger partial charge in [-0.05, 0) is 25.1 Å². The van der Waals surface area contributed by atoms with E-state index in [1.807, 2.05) is 0 Å². The summed E-state index contributed by atoms with van der Waals surface area (Å²) in [4.78, 5) is 34.9. The molecular weight excluding hydrogens is 352 g/mol. The summed E-state index contributed by atoms with van der Waals surface area (Å²) in [6, 6.07) is 12.4. The topological polar surface area (TPSA) is 119 Å². The van der Waals surface area contributed by atoms with Crippen molar-refractivity contribution in [3.8, 4) is 0 Å². The summed E-state index contributed by atoms with van der Waals surface area (Å²) in [6.45, 7) is 2.14. The molecule has 9 nitrogen and oxygen atoms in total. The molecule has 0 bridgehead atoms. The largest absolute Gasteiger partial charge is 0.420 e. The number of aromatic nitrogens is 1. The first-order valence-corrected chi connectivity index (χ1v) is 8.34. The lowest BCUT2D eigenvalue weighted by molar-refractivity contribution is -0.384. The molecule has 1 amide bonds. The first-order valence-electron chi connectivity index (χ1n) is 8.34. The molecule has 27 heavy (non-hydrogen) atoms. The fourth-order valence-corrected chi connectivity index (χ4v) is 2.78. The maximum Gasteiger partial charge on any atom is 0.420 e. The van der Waals surface area contributed by atoms with Gasteiger partial charge in [0.15, 0.2) is 5.58 Å². The van der Waals surface area contributed by atoms with Crippen molar-refractivity contribution in [1.29, 1.82) is 0 Å². The molecule has 1 atom stereocenters. The Morgan fingerprint density at radius 1 is 1.19 bits per heavy atom. The lowest BCUT2D eigenvalue weighted by Gasteiger charge is -2.13. The van der Waals surface area contributed by atoms with Crippen LogP contribution in [0.25, 0.3) is 11.1 Å². The highest BCUT2D eigenvalue weighted by Crippen LogP contribution is 2.22. The van der Waals surface area contributed by atoms with E-state index in [1.54, 1.807) is 49.4 Å². The summed E-state index contributed by atoms with van der Waals surface area (Å²) in [6.07, 6.45) is 0. The molecular formula is C18H18N4O5. The van der Waals surface area contributed by atoms with Gasteiger partial charge in [0.25, 0.3) is 5.69 Å². The fraction of sp³-hybridized carbons (Fsp3) is 0.222. The number of rotatable bonds is 7. The van der Waals surface area contributed by atoms with Crippen molar-refractivity contribution < 1.29 is 14.1 Å². The summed E-state index contributed by atoms with van der Waals surface area (Å²) in [5.41, 5.74) is 1.30. The van der Waals surface area contributed by atoms with Crippen molar-refractivity contribution >= 4 is 28.4 Å². The van der Waals surface area contributed by atoms with E-state index in [9.17, 15) is 19.7 Å². The van der Waals surface area contributed by atoms with Gasteiger partial charge in [-0.2, -0.15) is 0 Å². The van der Waals surface area contributed by atoms with Crippen molar-refractivity contribution in [2.24, 2.45) is 0 Å². The number of para-hydroxylation sites is 4. The lowest BCUT2D eigenvalue weighted by Crippen LogP contribution is -2.36. The average Bonchev–Trinajstić information content (AvgIpc) is 3.00. The predicted molar refractivity (Wildman–Crippen MR) is 99.8 cm³/mol. The van der Waals surface area contributed by atoms with Crippen molar-refractivity contribution in [3.63, 3.8) is 0 Å². The van der Waals surface area contributed by atoms with Gasteiger partial charge in [0.2, 0.25) is 5.91 Å². The number of carbonyl (C=O) groups excluding carboxylic acids is 1. The van der Waals surface area contributed by atoms with E-state index in [-0.39, 0.29) is 18.1 Å². The quantitative estimate of drug-likeness (QED) is 0.374. The molecule has 0 spiro atoms. The Labute approximate surface area is 153 Å². The number of hydrogen-bond donors (Lipinski definition) is 2. The van der Waals surface area contributed by atoms with E-state index < -0.39 is 16.7 Å². The predicted octanol–water partition coefficient (Wildman–Crippen LogP) is 2.29. The SMILES string of the molecule is CC(C(=O)NCCNc1ccccc1[N+](=O)[O-])n1c(=O)oc2ccccc21. The number of oxazole rings is 1. The van der Waals surface area contributed by atoms with Gasteiger partial charge < -0.3 is 15.1 Å². The Morgan fingerprint density at radius 2 is 1.89 bits per heavy atom. The summed E-state index contributed by atoms with van der Waals surface area (Å²) >= 11 is 0. The van der Waals surface area contributed by atoms with Crippen LogP contribution >= 0.6 is 0 Å². The minimum Gasteiger partial charge on any atom is -0.408 e. The van der Waals surface area contributed by atoms with Crippen molar-refractivity contribution in [3.05, 3.63) is 69.2 Å². The van der Waals surface area contributed by atoms with E-state index in [0.717, 1.165) is 0 Å². The van der Waals surface area contributed by atoms with Crippen molar-refractivity contribution in [2.45, 2.75) is 13.0 Å². The smallest absolute Gasteiger partial charge is 0.408 e. The number of fused-ring (bicyclic) bond motifs is 1. The second kappa shape index (κ2) is 7.73. The number of carbonyl (C=O) groups is 1. The molecule has 3 rings (SSSR count). The van der Waals surface area contributed by atoms with Crippen LogP contribution in [0.3, 0.4) is 0 Å². The van der Waals surface area contributed by atoms with Crippen LogP contribution in [0.1, 0.15) is 13.0 Å². The molecule has 3 aromatic rings. The minimum absolute atomic E-state index is 0.0337. The molecule has 140 valence electrons. The minimum atomic E-state index is -0.757. The zero-order valence-electron chi connectivity index (χ0n) is 14.5. The lowest BCUT2D eigenvalue weighted by atomic mass is 10.2. The third kappa shape index (κ3) is 3.81. The Morgan fingerprint density at radius 3 is 2.67 bits per heavy atom. The van der Waals surface area contributed by atoms with Crippen LogP contribution in [0.5, 0.6) is 0 Å². The third-order valence-electron chi connectivity index (χ3n) is 4.13. The zero-order chi connectivity index (χ0) is 19.4. The Kier molecular flexibility index (Phi) is 5.20. The number of amides is 1. The first-order chi connectivity index (χ1) is 13.0. The van der Waals surface area contributed by atoms with Crippen molar-refractivity contribution in [2.75, 3.05) is 18.4 Å². The van der Waals surface area contributed by atoms with Gasteiger partial charge in [-0.3, -0.25) is 19.5 Å². The number of nitro groups is 1. The van der Waals surface area contributed by atoms with E-state index in [4.69, 9.17) is 4.42 Å². The highest BCUT2D eigenvalue weighted by Gasteiger charge is 2.20. The highest BCUT2D eigenvalue weighted by molar-refractivity contribution is 5.82. The van der Waals surface area contributed by atoms with Crippen LogP contribution in [-0.2, 0) is 4.79 Å². The molecule has 0 aliphatic heterocycles. The van der Waals surface area contributed by atoms with Crippen LogP contribution in [0.15, 0.2) is 57.7 Å². The molecule has 1 aromatic heterocycles. The van der Waals surface area contributed by atoms with Gasteiger partial charge in [-0.25, -0.2) is 4.79 Å². The highest BCUT2D eigenvalue weighted by atomic mass is 16.6. The molecule has 0 radical (unpaired) electrons. The average molecular weight is 370 g/mol. The molecule has 1 unspecified atom stereocenters. The van der Waals surface area contributed by atoms with Crippen molar-refractivity contribution in [1.82, 2.24) is 9.88 Å². The van der Waals surface area contributed by atoms with Gasteiger partial charge >= 0.3 is 5.76 Å². The molecule has 2 N–H and O–H groups in total. The molecule has 1 heterocycles. The first kappa shape index (κ1) is 18.2. The van der Waals surface area contributed by atoms with Crippen LogP contribution in [-0.4, -0.2) is 28.5 Å². The Balaban J connectivity index is 1.60. The van der Waals surface area contributed by atoms with E-state index in [2.05, 4.69) is 10.6 Å². The molecule has 9 heteroatoms. The summed E-state index contributed by atoms with van der Waals surface area (Å²) in [7, 11) is 0. The Bertz CT molecular complexity index is 1040. The standard InChI is InChI=1S/C18H18N4O5/c1-12(21-15-8-4-5-9-16(15)27-18(21)24)17(23)20-11-10-19-13-6-2-3-7-14(13)22(25)26/h2-9,12,19H,10-11H2,1H3,(H,20,23). The fourth-order valence-electron chi connectivity index (χ4n) is 2.78.